The molecule has 2 aromatic carbocycles. The summed E-state index contributed by atoms with van der Waals surface area (Å²) in [5.74, 6) is -2.36. The molecule has 2 aliphatic heterocycles. The number of nitrogens with zero attached hydrogens (tertiary/aromatic N) is 3. The highest BCUT2D eigenvalue weighted by atomic mass is 35.5. The van der Waals surface area contributed by atoms with Crippen LogP contribution in [0.1, 0.15) is 40.0 Å². The van der Waals surface area contributed by atoms with Crippen LogP contribution in [-0.2, 0) is 26.6 Å². The van der Waals surface area contributed by atoms with Gasteiger partial charge in [0.15, 0.2) is 0 Å². The minimum Gasteiger partial charge on any atom is -0.458 e. The number of rotatable bonds is 8. The molecule has 5 rings (SSSR count). The van der Waals surface area contributed by atoms with Crippen LogP contribution in [0.25, 0.3) is 10.9 Å². The molecule has 2 aliphatic rings. The Kier molecular flexibility index (Phi) is 9.15. The largest absolute Gasteiger partial charge is 0.458 e. The number of piperidine rings is 1. The molecule has 2 unspecified atom stereocenters. The molecule has 2 atom stereocenters. The zero-order valence-corrected chi connectivity index (χ0v) is 26.0. The molecule has 2 amide bonds. The summed E-state index contributed by atoms with van der Waals surface area (Å²) >= 11 is 6.28. The van der Waals surface area contributed by atoms with Crippen LogP contribution >= 0.6 is 11.6 Å². The van der Waals surface area contributed by atoms with Gasteiger partial charge in [-0.25, -0.2) is 21.9 Å². The van der Waals surface area contributed by atoms with Crippen LogP contribution in [0.15, 0.2) is 55.3 Å². The quantitative estimate of drug-likeness (QED) is 0.286. The fourth-order valence-electron chi connectivity index (χ4n) is 6.21. The summed E-state index contributed by atoms with van der Waals surface area (Å²) in [6.07, 6.45) is 5.74. The number of carbonyl (C=O) groups is 3. The van der Waals surface area contributed by atoms with E-state index in [4.69, 9.17) is 16.3 Å². The Labute approximate surface area is 260 Å². The summed E-state index contributed by atoms with van der Waals surface area (Å²) in [6.45, 7) is 4.53. The van der Waals surface area contributed by atoms with Crippen molar-refractivity contribution in [1.82, 2.24) is 13.8 Å². The standard InChI is InChI=1S/C31H34ClFN4O6S/c1-4-15-43-31(40)20-5-7-22(8-6-20)34-29(38)26-16-21(19-11-13-36(14-12-19)44(3,41)42)17-37(26)30(39)23-9-10-25-27(28(23)33)24(32)18-35(25)2/h4-10,18-19,21,26H,1,11-17H2,2-3H3,(H,34,38). The molecule has 0 spiro atoms. The van der Waals surface area contributed by atoms with Gasteiger partial charge in [-0.3, -0.25) is 9.59 Å². The SMILES string of the molecule is C=CCOC(=O)c1ccc(NC(=O)C2CC(C3CCN(S(C)(=O)=O)CC3)CN2C(=O)c2ccc3c(c(Cl)cn3C)c2F)cc1. The lowest BCUT2D eigenvalue weighted by atomic mass is 9.83. The minimum atomic E-state index is -3.31. The number of sulfonamides is 1. The van der Waals surface area contributed by atoms with E-state index in [1.54, 1.807) is 36.0 Å². The fraction of sp³-hybridized carbons (Fsp3) is 0.387. The Bertz CT molecular complexity index is 1720. The molecule has 13 heteroatoms. The molecule has 10 nitrogen and oxygen atoms in total. The number of ether oxygens (including phenoxy) is 1. The third-order valence-electron chi connectivity index (χ3n) is 8.53. The van der Waals surface area contributed by atoms with E-state index in [0.717, 1.165) is 0 Å². The molecule has 2 fully saturated rings. The Morgan fingerprint density at radius 3 is 2.43 bits per heavy atom. The third-order valence-corrected chi connectivity index (χ3v) is 10.1. The Morgan fingerprint density at radius 2 is 1.80 bits per heavy atom. The Hall–Kier alpha value is -3.74. The van der Waals surface area contributed by atoms with Gasteiger partial charge in [0.2, 0.25) is 15.9 Å². The van der Waals surface area contributed by atoms with Crippen LogP contribution in [0.3, 0.4) is 0 Å². The molecular weight excluding hydrogens is 611 g/mol. The number of hydrogen-bond acceptors (Lipinski definition) is 6. The van der Waals surface area contributed by atoms with Crippen molar-refractivity contribution in [1.29, 1.82) is 0 Å². The van der Waals surface area contributed by atoms with Gasteiger partial charge < -0.3 is 19.5 Å². The van der Waals surface area contributed by atoms with Gasteiger partial charge in [-0.2, -0.15) is 0 Å². The highest BCUT2D eigenvalue weighted by Crippen LogP contribution is 2.38. The highest BCUT2D eigenvalue weighted by molar-refractivity contribution is 7.88. The van der Waals surface area contributed by atoms with E-state index in [1.807, 2.05) is 0 Å². The first kappa shape index (κ1) is 31.7. The van der Waals surface area contributed by atoms with Gasteiger partial charge >= 0.3 is 5.97 Å². The summed E-state index contributed by atoms with van der Waals surface area (Å²) < 4.78 is 48.0. The number of amides is 2. The molecule has 0 aliphatic carbocycles. The number of aryl methyl sites for hydroxylation is 1. The number of benzene rings is 2. The second kappa shape index (κ2) is 12.7. The molecule has 1 aromatic heterocycles. The monoisotopic (exact) mass is 644 g/mol. The number of anilines is 1. The van der Waals surface area contributed by atoms with Crippen molar-refractivity contribution < 1.29 is 31.9 Å². The van der Waals surface area contributed by atoms with Crippen molar-refractivity contribution in [3.63, 3.8) is 0 Å². The zero-order valence-electron chi connectivity index (χ0n) is 24.5. The number of nitrogens with one attached hydrogen (secondary N) is 1. The van der Waals surface area contributed by atoms with Crippen LogP contribution < -0.4 is 5.32 Å². The molecule has 234 valence electrons. The van der Waals surface area contributed by atoms with Gasteiger partial charge in [-0.15, -0.1) is 0 Å². The number of fused-ring (bicyclic) bond motifs is 1. The second-order valence-corrected chi connectivity index (χ2v) is 13.7. The highest BCUT2D eigenvalue weighted by Gasteiger charge is 2.44. The van der Waals surface area contributed by atoms with Crippen molar-refractivity contribution in [3.8, 4) is 0 Å². The molecule has 1 N–H and O–H groups in total. The Balaban J connectivity index is 1.39. The molecular formula is C31H34ClFN4O6S. The lowest BCUT2D eigenvalue weighted by Gasteiger charge is -2.33. The van der Waals surface area contributed by atoms with Crippen molar-refractivity contribution in [3.05, 3.63) is 77.2 Å². The van der Waals surface area contributed by atoms with Crippen LogP contribution in [0.4, 0.5) is 10.1 Å². The van der Waals surface area contributed by atoms with Gasteiger partial charge in [-0.05, 0) is 67.5 Å². The summed E-state index contributed by atoms with van der Waals surface area (Å²) in [6, 6.07) is 8.30. The minimum absolute atomic E-state index is 0.0708. The van der Waals surface area contributed by atoms with E-state index >= 15 is 4.39 Å². The topological polar surface area (TPSA) is 118 Å². The van der Waals surface area contributed by atoms with Gasteiger partial charge in [0.25, 0.3) is 5.91 Å². The predicted molar refractivity (Wildman–Crippen MR) is 166 cm³/mol. The molecule has 44 heavy (non-hydrogen) atoms. The van der Waals surface area contributed by atoms with Crippen molar-refractivity contribution >= 4 is 56.0 Å². The maximum absolute atomic E-state index is 15.8. The molecule has 0 saturated carbocycles. The number of carbonyl (C=O) groups excluding carboxylic acids is 3. The second-order valence-electron chi connectivity index (χ2n) is 11.3. The van der Waals surface area contributed by atoms with E-state index in [2.05, 4.69) is 11.9 Å². The maximum atomic E-state index is 15.8. The summed E-state index contributed by atoms with van der Waals surface area (Å²) in [5.41, 5.74) is 1.06. The van der Waals surface area contributed by atoms with Crippen LogP contribution in [0.5, 0.6) is 0 Å². The number of halogens is 2. The average Bonchev–Trinajstić information content (AvgIpc) is 3.57. The van der Waals surface area contributed by atoms with Gasteiger partial charge in [-0.1, -0.05) is 24.3 Å². The molecule has 0 radical (unpaired) electrons. The van der Waals surface area contributed by atoms with E-state index in [1.165, 1.54) is 39.7 Å². The molecule has 0 bridgehead atoms. The number of aromatic nitrogens is 1. The number of likely N-dealkylation sites (tertiary alicyclic amines) is 1. The van der Waals surface area contributed by atoms with Crippen molar-refractivity contribution in [2.24, 2.45) is 18.9 Å². The summed E-state index contributed by atoms with van der Waals surface area (Å²) in [7, 11) is -1.58. The smallest absolute Gasteiger partial charge is 0.338 e. The first-order chi connectivity index (χ1) is 20.9. The predicted octanol–water partition coefficient (Wildman–Crippen LogP) is 4.45. The third kappa shape index (κ3) is 6.38. The summed E-state index contributed by atoms with van der Waals surface area (Å²) in [5, 5.41) is 3.14. The van der Waals surface area contributed by atoms with Crippen LogP contribution in [-0.4, -0.2) is 78.5 Å². The van der Waals surface area contributed by atoms with E-state index in [9.17, 15) is 22.8 Å². The van der Waals surface area contributed by atoms with Crippen LogP contribution in [0, 0.1) is 17.7 Å². The lowest BCUT2D eigenvalue weighted by molar-refractivity contribution is -0.119. The normalized spacial score (nSPS) is 19.7. The van der Waals surface area contributed by atoms with Crippen molar-refractivity contribution in [2.45, 2.75) is 25.3 Å². The van der Waals surface area contributed by atoms with Gasteiger partial charge in [0.05, 0.1) is 33.3 Å². The first-order valence-corrected chi connectivity index (χ1v) is 16.5. The Morgan fingerprint density at radius 1 is 1.11 bits per heavy atom. The van der Waals surface area contributed by atoms with Gasteiger partial charge in [0.1, 0.15) is 18.5 Å². The zero-order chi connectivity index (χ0) is 31.8. The lowest BCUT2D eigenvalue weighted by Crippen LogP contribution is -2.43. The molecule has 3 heterocycles. The number of esters is 1. The van der Waals surface area contributed by atoms with Gasteiger partial charge in [0, 0.05) is 38.6 Å². The van der Waals surface area contributed by atoms with Crippen LogP contribution in [0.2, 0.25) is 5.02 Å². The first-order valence-electron chi connectivity index (χ1n) is 14.3. The average molecular weight is 645 g/mol. The van der Waals surface area contributed by atoms with E-state index in [-0.39, 0.29) is 41.0 Å². The maximum Gasteiger partial charge on any atom is 0.338 e. The summed E-state index contributed by atoms with van der Waals surface area (Å²) in [4.78, 5) is 41.1. The number of hydrogen-bond donors (Lipinski definition) is 1. The molecule has 3 aromatic rings. The van der Waals surface area contributed by atoms with E-state index in [0.29, 0.717) is 49.1 Å². The fourth-order valence-corrected chi connectivity index (χ4v) is 7.41. The van der Waals surface area contributed by atoms with E-state index < -0.39 is 39.7 Å². The van der Waals surface area contributed by atoms with Crippen molar-refractivity contribution in [2.75, 3.05) is 37.8 Å². The molecule has 2 saturated heterocycles.